The number of nitrogens with two attached hydrogens (primary N) is 1. The number of aromatic nitrogens is 3. The van der Waals surface area contributed by atoms with Gasteiger partial charge in [0.15, 0.2) is 5.65 Å². The van der Waals surface area contributed by atoms with E-state index in [9.17, 15) is 5.11 Å². The largest absolute Gasteiger partial charge is 0.505 e. The Labute approximate surface area is 72.9 Å². The van der Waals surface area contributed by atoms with Gasteiger partial charge in [0, 0.05) is 0 Å². The summed E-state index contributed by atoms with van der Waals surface area (Å²) in [6.07, 6.45) is 2.66. The number of nitrogens with zero attached hydrogens (tertiary/aromatic N) is 2. The van der Waals surface area contributed by atoms with Crippen molar-refractivity contribution in [1.82, 2.24) is 15.0 Å². The number of hydrogen-bond acceptors (Lipinski definition) is 4. The highest BCUT2D eigenvalue weighted by Gasteiger charge is 2.11. The molecule has 5 N–H and O–H groups in total. The number of rotatable bonds is 1. The van der Waals surface area contributed by atoms with E-state index < -0.39 is 0 Å². The lowest BCUT2D eigenvalue weighted by Gasteiger charge is -2.01. The molecule has 0 atom stereocenters. The van der Waals surface area contributed by atoms with Crippen molar-refractivity contribution in [2.45, 2.75) is 0 Å². The molecule has 6 nitrogen and oxygen atoms in total. The summed E-state index contributed by atoms with van der Waals surface area (Å²) in [5.41, 5.74) is 6.44. The Bertz CT molecular complexity index is 475. The van der Waals surface area contributed by atoms with Crippen LogP contribution in [0.15, 0.2) is 12.5 Å². The van der Waals surface area contributed by atoms with Crippen LogP contribution >= 0.6 is 0 Å². The molecule has 0 aromatic carbocycles. The summed E-state index contributed by atoms with van der Waals surface area (Å²) in [4.78, 5) is 10.5. The van der Waals surface area contributed by atoms with Gasteiger partial charge in [0.05, 0.1) is 23.6 Å². The summed E-state index contributed by atoms with van der Waals surface area (Å²) in [6.45, 7) is 0. The van der Waals surface area contributed by atoms with Crippen LogP contribution in [-0.2, 0) is 0 Å². The lowest BCUT2D eigenvalue weighted by atomic mass is 10.2. The average Bonchev–Trinajstić information content (AvgIpc) is 2.50. The Morgan fingerprint density at radius 1 is 1.54 bits per heavy atom. The van der Waals surface area contributed by atoms with E-state index in [1.54, 1.807) is 0 Å². The Balaban J connectivity index is 2.88. The third-order valence-electron chi connectivity index (χ3n) is 1.70. The minimum absolute atomic E-state index is 0.121. The Hall–Kier alpha value is -2.11. The molecule has 2 aromatic rings. The standard InChI is InChI=1S/C7H7N5O/c8-6(9)4-3(13)1-10-7-5(4)11-2-12-7/h1-2,13H,(H3,8,9)(H,10,11,12). The average molecular weight is 177 g/mol. The minimum atomic E-state index is -0.214. The molecule has 0 fully saturated rings. The number of H-pyrrole nitrogens is 1. The number of aromatic amines is 1. The molecular formula is C7H7N5O. The van der Waals surface area contributed by atoms with Gasteiger partial charge in [-0.25, -0.2) is 9.97 Å². The summed E-state index contributed by atoms with van der Waals surface area (Å²) in [5, 5.41) is 16.6. The van der Waals surface area contributed by atoms with Gasteiger partial charge in [0.1, 0.15) is 11.6 Å². The normalized spacial score (nSPS) is 10.5. The minimum Gasteiger partial charge on any atom is -0.505 e. The molecule has 13 heavy (non-hydrogen) atoms. The second-order valence-electron chi connectivity index (χ2n) is 2.53. The molecule has 0 aliphatic carbocycles. The first-order chi connectivity index (χ1) is 6.20. The van der Waals surface area contributed by atoms with Crippen LogP contribution in [0, 0.1) is 5.41 Å². The zero-order valence-electron chi connectivity index (χ0n) is 6.57. The molecule has 2 aromatic heterocycles. The third-order valence-corrected chi connectivity index (χ3v) is 1.70. The van der Waals surface area contributed by atoms with Gasteiger partial charge in [-0.05, 0) is 0 Å². The maximum atomic E-state index is 9.37. The van der Waals surface area contributed by atoms with Crippen molar-refractivity contribution in [3.05, 3.63) is 18.1 Å². The number of pyridine rings is 1. The third kappa shape index (κ3) is 0.994. The molecule has 0 radical (unpaired) electrons. The van der Waals surface area contributed by atoms with Crippen LogP contribution in [0.1, 0.15) is 5.56 Å². The smallest absolute Gasteiger partial charge is 0.178 e. The second-order valence-corrected chi connectivity index (χ2v) is 2.53. The molecule has 0 aliphatic rings. The number of aromatic hydroxyl groups is 1. The fourth-order valence-corrected chi connectivity index (χ4v) is 1.16. The van der Waals surface area contributed by atoms with Gasteiger partial charge in [-0.2, -0.15) is 0 Å². The molecule has 0 saturated heterocycles. The summed E-state index contributed by atoms with van der Waals surface area (Å²) < 4.78 is 0. The van der Waals surface area contributed by atoms with Crippen molar-refractivity contribution in [3.63, 3.8) is 0 Å². The summed E-state index contributed by atoms with van der Waals surface area (Å²) in [7, 11) is 0. The number of nitrogens with one attached hydrogen (secondary N) is 2. The van der Waals surface area contributed by atoms with E-state index in [-0.39, 0.29) is 17.1 Å². The van der Waals surface area contributed by atoms with Crippen LogP contribution in [0.5, 0.6) is 5.75 Å². The van der Waals surface area contributed by atoms with E-state index >= 15 is 0 Å². The summed E-state index contributed by atoms with van der Waals surface area (Å²) >= 11 is 0. The number of nitrogen functional groups attached to an aromatic ring is 1. The molecule has 0 aliphatic heterocycles. The highest BCUT2D eigenvalue weighted by atomic mass is 16.3. The summed E-state index contributed by atoms with van der Waals surface area (Å²) in [6, 6.07) is 0. The van der Waals surface area contributed by atoms with Crippen molar-refractivity contribution in [2.75, 3.05) is 0 Å². The van der Waals surface area contributed by atoms with E-state index in [2.05, 4.69) is 15.0 Å². The number of fused-ring (bicyclic) bond motifs is 1. The Morgan fingerprint density at radius 3 is 3.00 bits per heavy atom. The molecule has 6 heteroatoms. The van der Waals surface area contributed by atoms with Crippen LogP contribution in [0.2, 0.25) is 0 Å². The fraction of sp³-hybridized carbons (Fsp3) is 0. The number of imidazole rings is 1. The number of amidine groups is 1. The molecule has 0 amide bonds. The summed E-state index contributed by atoms with van der Waals surface area (Å²) in [5.74, 6) is -0.335. The molecule has 0 bridgehead atoms. The van der Waals surface area contributed by atoms with Crippen LogP contribution in [-0.4, -0.2) is 25.9 Å². The van der Waals surface area contributed by atoms with Crippen molar-refractivity contribution < 1.29 is 5.11 Å². The van der Waals surface area contributed by atoms with E-state index in [0.29, 0.717) is 11.2 Å². The zero-order valence-corrected chi connectivity index (χ0v) is 6.57. The topological polar surface area (TPSA) is 112 Å². The molecule has 0 spiro atoms. The van der Waals surface area contributed by atoms with Crippen LogP contribution in [0.25, 0.3) is 11.2 Å². The predicted octanol–water partition coefficient (Wildman–Crippen LogP) is -0.0524. The fourth-order valence-electron chi connectivity index (χ4n) is 1.16. The molecule has 2 heterocycles. The van der Waals surface area contributed by atoms with E-state index in [4.69, 9.17) is 11.1 Å². The number of hydrogen-bond donors (Lipinski definition) is 4. The first kappa shape index (κ1) is 7.53. The first-order valence-electron chi connectivity index (χ1n) is 3.55. The van der Waals surface area contributed by atoms with Crippen LogP contribution in [0.4, 0.5) is 0 Å². The van der Waals surface area contributed by atoms with Crippen LogP contribution < -0.4 is 5.73 Å². The second kappa shape index (κ2) is 2.44. The molecule has 2 rings (SSSR count). The lowest BCUT2D eigenvalue weighted by Crippen LogP contribution is -2.12. The molecule has 0 unspecified atom stereocenters. The SMILES string of the molecule is N=C(N)c1c(O)cnc2nc[nH]c12. The van der Waals surface area contributed by atoms with Gasteiger partial charge in [-0.15, -0.1) is 0 Å². The molecule has 66 valence electrons. The van der Waals surface area contributed by atoms with Crippen molar-refractivity contribution in [1.29, 1.82) is 5.41 Å². The van der Waals surface area contributed by atoms with Crippen molar-refractivity contribution >= 4 is 17.0 Å². The Morgan fingerprint density at radius 2 is 2.31 bits per heavy atom. The van der Waals surface area contributed by atoms with Gasteiger partial charge in [0.25, 0.3) is 0 Å². The van der Waals surface area contributed by atoms with Gasteiger partial charge in [-0.3, -0.25) is 5.41 Å². The molecule has 0 saturated carbocycles. The van der Waals surface area contributed by atoms with Gasteiger partial charge in [0.2, 0.25) is 0 Å². The van der Waals surface area contributed by atoms with Crippen LogP contribution in [0.3, 0.4) is 0 Å². The highest BCUT2D eigenvalue weighted by Crippen LogP contribution is 2.21. The Kier molecular flexibility index (Phi) is 1.42. The van der Waals surface area contributed by atoms with Gasteiger partial charge in [-0.1, -0.05) is 0 Å². The maximum Gasteiger partial charge on any atom is 0.178 e. The molecular weight excluding hydrogens is 170 g/mol. The van der Waals surface area contributed by atoms with E-state index in [1.165, 1.54) is 12.5 Å². The van der Waals surface area contributed by atoms with Gasteiger partial charge < -0.3 is 15.8 Å². The van der Waals surface area contributed by atoms with Gasteiger partial charge >= 0.3 is 0 Å². The highest BCUT2D eigenvalue weighted by molar-refractivity contribution is 6.06. The van der Waals surface area contributed by atoms with Crippen molar-refractivity contribution in [2.24, 2.45) is 5.73 Å². The quantitative estimate of drug-likeness (QED) is 0.361. The first-order valence-corrected chi connectivity index (χ1v) is 3.55. The zero-order chi connectivity index (χ0) is 9.42. The predicted molar refractivity (Wildman–Crippen MR) is 46.6 cm³/mol. The van der Waals surface area contributed by atoms with Crippen molar-refractivity contribution in [3.8, 4) is 5.75 Å². The maximum absolute atomic E-state index is 9.37. The van der Waals surface area contributed by atoms with E-state index in [1.807, 2.05) is 0 Å². The monoisotopic (exact) mass is 177 g/mol. The lowest BCUT2D eigenvalue weighted by molar-refractivity contribution is 0.472. The van der Waals surface area contributed by atoms with E-state index in [0.717, 1.165) is 0 Å².